The molecule has 1 atom stereocenters. The fourth-order valence-corrected chi connectivity index (χ4v) is 6.15. The van der Waals surface area contributed by atoms with Crippen molar-refractivity contribution < 1.29 is 33.3 Å². The lowest BCUT2D eigenvalue weighted by Crippen LogP contribution is -2.25. The highest BCUT2D eigenvalue weighted by atomic mass is 16.7. The predicted molar refractivity (Wildman–Crippen MR) is 202 cm³/mol. The van der Waals surface area contributed by atoms with Crippen molar-refractivity contribution in [1.29, 1.82) is 0 Å². The monoisotopic (exact) mass is 698 g/mol. The van der Waals surface area contributed by atoms with Crippen LogP contribution in [0.25, 0.3) is 0 Å². The van der Waals surface area contributed by atoms with Crippen molar-refractivity contribution in [3.05, 3.63) is 0 Å². The van der Waals surface area contributed by atoms with E-state index in [4.69, 9.17) is 18.9 Å². The van der Waals surface area contributed by atoms with Crippen molar-refractivity contribution >= 4 is 18.1 Å². The van der Waals surface area contributed by atoms with E-state index >= 15 is 0 Å². The maximum atomic E-state index is 13.2. The number of hydrogen-bond donors (Lipinski definition) is 0. The summed E-state index contributed by atoms with van der Waals surface area (Å²) in [6.45, 7) is 14.7. The van der Waals surface area contributed by atoms with Gasteiger partial charge in [-0.2, -0.15) is 0 Å². The lowest BCUT2D eigenvalue weighted by molar-refractivity contribution is -0.149. The van der Waals surface area contributed by atoms with E-state index in [0.717, 1.165) is 77.4 Å². The zero-order valence-corrected chi connectivity index (χ0v) is 32.9. The Labute approximate surface area is 302 Å². The van der Waals surface area contributed by atoms with Crippen LogP contribution >= 0.6 is 0 Å². The highest BCUT2D eigenvalue weighted by Crippen LogP contribution is 2.21. The second kappa shape index (κ2) is 36.0. The average Bonchev–Trinajstić information content (AvgIpc) is 3.10. The average molecular weight is 698 g/mol. The third kappa shape index (κ3) is 30.7. The zero-order chi connectivity index (χ0) is 36.2. The van der Waals surface area contributed by atoms with Crippen molar-refractivity contribution in [3.8, 4) is 0 Å². The van der Waals surface area contributed by atoms with Crippen LogP contribution in [0.2, 0.25) is 0 Å². The van der Waals surface area contributed by atoms with Gasteiger partial charge in [-0.15, -0.1) is 0 Å². The van der Waals surface area contributed by atoms with Crippen LogP contribution in [-0.4, -0.2) is 69.1 Å². The molecule has 0 aliphatic heterocycles. The van der Waals surface area contributed by atoms with Gasteiger partial charge in [0, 0.05) is 13.0 Å². The molecule has 8 heteroatoms. The number of carbonyl (C=O) groups is 3. The number of nitrogens with zero attached hydrogens (tertiary/aromatic N) is 1. The molecule has 0 N–H and O–H groups in total. The first-order valence-corrected chi connectivity index (χ1v) is 20.8. The minimum absolute atomic E-state index is 0.0541. The first kappa shape index (κ1) is 47.2. The molecule has 49 heavy (non-hydrogen) atoms. The molecule has 290 valence electrons. The summed E-state index contributed by atoms with van der Waals surface area (Å²) in [6, 6.07) is 0. The van der Waals surface area contributed by atoms with Gasteiger partial charge < -0.3 is 23.8 Å². The Kier molecular flexibility index (Phi) is 34.6. The van der Waals surface area contributed by atoms with Gasteiger partial charge >= 0.3 is 18.1 Å². The lowest BCUT2D eigenvalue weighted by Gasteiger charge is -2.20. The summed E-state index contributed by atoms with van der Waals surface area (Å²) in [6.07, 6.45) is 24.6. The SMILES string of the molecule is CCCCCCCCCCC(=O)OCCC(CCOC(=O)C(CCCCCCC)CCCCCCC)COC(=O)OCCCN(CC)CC. The highest BCUT2D eigenvalue weighted by molar-refractivity contribution is 5.72. The predicted octanol–water partition coefficient (Wildman–Crippen LogP) is 11.2. The van der Waals surface area contributed by atoms with Crippen molar-refractivity contribution in [2.75, 3.05) is 46.1 Å². The van der Waals surface area contributed by atoms with Gasteiger partial charge in [-0.25, -0.2) is 4.79 Å². The van der Waals surface area contributed by atoms with Crippen LogP contribution < -0.4 is 0 Å². The molecule has 0 bridgehead atoms. The molecule has 0 radical (unpaired) electrons. The minimum atomic E-state index is -0.681. The highest BCUT2D eigenvalue weighted by Gasteiger charge is 2.21. The second-order valence-electron chi connectivity index (χ2n) is 13.9. The molecule has 0 spiro atoms. The largest absolute Gasteiger partial charge is 0.508 e. The molecule has 0 heterocycles. The Hall–Kier alpha value is -1.83. The third-order valence-corrected chi connectivity index (χ3v) is 9.61. The Morgan fingerprint density at radius 3 is 1.51 bits per heavy atom. The quantitative estimate of drug-likeness (QED) is 0.0363. The summed E-state index contributed by atoms with van der Waals surface area (Å²) in [7, 11) is 0. The van der Waals surface area contributed by atoms with E-state index in [2.05, 4.69) is 39.5 Å². The van der Waals surface area contributed by atoms with Gasteiger partial charge in [0.1, 0.15) is 0 Å². The second-order valence-corrected chi connectivity index (χ2v) is 13.9. The fraction of sp³-hybridized carbons (Fsp3) is 0.927. The Bertz CT molecular complexity index is 744. The van der Waals surface area contributed by atoms with Crippen molar-refractivity contribution in [2.45, 2.75) is 189 Å². The smallest absolute Gasteiger partial charge is 0.466 e. The molecular weight excluding hydrogens is 618 g/mol. The Morgan fingerprint density at radius 2 is 0.980 bits per heavy atom. The van der Waals surface area contributed by atoms with Crippen LogP contribution in [0.3, 0.4) is 0 Å². The number of carbonyl (C=O) groups excluding carboxylic acids is 3. The molecule has 0 aromatic rings. The van der Waals surface area contributed by atoms with Crippen LogP contribution in [0.15, 0.2) is 0 Å². The Balaban J connectivity index is 4.85. The number of esters is 2. The van der Waals surface area contributed by atoms with E-state index in [-0.39, 0.29) is 43.6 Å². The first-order valence-electron chi connectivity index (χ1n) is 20.8. The molecular formula is C41H79NO7. The van der Waals surface area contributed by atoms with Gasteiger partial charge in [0.25, 0.3) is 0 Å². The first-order chi connectivity index (χ1) is 23.9. The van der Waals surface area contributed by atoms with Crippen molar-refractivity contribution in [2.24, 2.45) is 11.8 Å². The van der Waals surface area contributed by atoms with Gasteiger partial charge in [0.2, 0.25) is 0 Å². The standard InChI is InChI=1S/C41H79NO7/c1-6-11-14-17-18-19-22-25-29-39(43)46-34-30-37(36-49-41(45)48-33-26-32-42(9-4)10-5)31-35-47-40(44)38(27-23-20-15-12-7-2)28-24-21-16-13-8-3/h37-38H,6-36H2,1-5H3. The van der Waals surface area contributed by atoms with E-state index in [0.29, 0.717) is 25.9 Å². The summed E-state index contributed by atoms with van der Waals surface area (Å²) < 4.78 is 22.2. The summed E-state index contributed by atoms with van der Waals surface area (Å²) in [5.41, 5.74) is 0. The van der Waals surface area contributed by atoms with Crippen molar-refractivity contribution in [1.82, 2.24) is 4.90 Å². The normalized spacial score (nSPS) is 12.0. The van der Waals surface area contributed by atoms with Crippen LogP contribution in [0.4, 0.5) is 4.79 Å². The van der Waals surface area contributed by atoms with Crippen LogP contribution in [0, 0.1) is 11.8 Å². The summed E-state index contributed by atoms with van der Waals surface area (Å²) in [4.78, 5) is 40.2. The maximum absolute atomic E-state index is 13.2. The molecule has 8 nitrogen and oxygen atoms in total. The molecule has 0 saturated carbocycles. The van der Waals surface area contributed by atoms with Gasteiger partial charge in [0.05, 0.1) is 32.3 Å². The van der Waals surface area contributed by atoms with Gasteiger partial charge in [-0.1, -0.05) is 144 Å². The van der Waals surface area contributed by atoms with E-state index in [1.165, 1.54) is 77.0 Å². The fourth-order valence-electron chi connectivity index (χ4n) is 6.15. The number of hydrogen-bond acceptors (Lipinski definition) is 8. The topological polar surface area (TPSA) is 91.4 Å². The molecule has 0 aromatic carbocycles. The molecule has 0 aliphatic rings. The number of unbranched alkanes of at least 4 members (excludes halogenated alkanes) is 15. The maximum Gasteiger partial charge on any atom is 0.508 e. The molecule has 0 rings (SSSR count). The van der Waals surface area contributed by atoms with Gasteiger partial charge in [-0.3, -0.25) is 9.59 Å². The van der Waals surface area contributed by atoms with E-state index < -0.39 is 6.16 Å². The molecule has 0 aromatic heterocycles. The van der Waals surface area contributed by atoms with Crippen LogP contribution in [0.5, 0.6) is 0 Å². The minimum Gasteiger partial charge on any atom is -0.466 e. The summed E-state index contributed by atoms with van der Waals surface area (Å²) >= 11 is 0. The number of rotatable bonds is 36. The third-order valence-electron chi connectivity index (χ3n) is 9.61. The van der Waals surface area contributed by atoms with Gasteiger partial charge in [0.15, 0.2) is 0 Å². The molecule has 0 amide bonds. The molecule has 0 fully saturated rings. The molecule has 0 saturated heterocycles. The summed E-state index contributed by atoms with van der Waals surface area (Å²) in [5.74, 6) is -0.435. The van der Waals surface area contributed by atoms with E-state index in [1.807, 2.05) is 0 Å². The van der Waals surface area contributed by atoms with Crippen molar-refractivity contribution in [3.63, 3.8) is 0 Å². The Morgan fingerprint density at radius 1 is 0.490 bits per heavy atom. The van der Waals surface area contributed by atoms with Crippen LogP contribution in [0.1, 0.15) is 189 Å². The number of ether oxygens (including phenoxy) is 4. The lowest BCUT2D eigenvalue weighted by atomic mass is 9.94. The van der Waals surface area contributed by atoms with Crippen LogP contribution in [-0.2, 0) is 28.5 Å². The summed E-state index contributed by atoms with van der Waals surface area (Å²) in [5, 5.41) is 0. The molecule has 1 unspecified atom stereocenters. The molecule has 0 aliphatic carbocycles. The zero-order valence-electron chi connectivity index (χ0n) is 32.9. The van der Waals surface area contributed by atoms with Gasteiger partial charge in [-0.05, 0) is 57.5 Å². The van der Waals surface area contributed by atoms with E-state index in [1.54, 1.807) is 0 Å². The van der Waals surface area contributed by atoms with E-state index in [9.17, 15) is 14.4 Å².